The first-order valence-electron chi connectivity index (χ1n) is 5.59. The SMILES string of the molecule is C=CCN(CCO)S(=O)(=O)c1cc(C(=O)O)ccc1F. The second kappa shape index (κ2) is 6.60. The number of aromatic carboxylic acids is 1. The summed E-state index contributed by atoms with van der Waals surface area (Å²) in [7, 11) is -4.25. The maximum atomic E-state index is 13.7. The van der Waals surface area contributed by atoms with Crippen LogP contribution >= 0.6 is 0 Å². The van der Waals surface area contributed by atoms with Gasteiger partial charge in [-0.3, -0.25) is 0 Å². The predicted octanol–water partition coefficient (Wildman–Crippen LogP) is 0.693. The monoisotopic (exact) mass is 303 g/mol. The molecule has 6 nitrogen and oxygen atoms in total. The summed E-state index contributed by atoms with van der Waals surface area (Å²) in [5.74, 6) is -2.42. The number of benzene rings is 1. The summed E-state index contributed by atoms with van der Waals surface area (Å²) in [5.41, 5.74) is -0.340. The van der Waals surface area contributed by atoms with Gasteiger partial charge in [0.05, 0.1) is 12.2 Å². The Balaban J connectivity index is 3.35. The molecule has 0 aliphatic carbocycles. The summed E-state index contributed by atoms with van der Waals surface area (Å²) in [6.45, 7) is 2.56. The van der Waals surface area contributed by atoms with Gasteiger partial charge in [-0.1, -0.05) is 6.08 Å². The van der Waals surface area contributed by atoms with E-state index < -0.39 is 33.3 Å². The van der Waals surface area contributed by atoms with Crippen LogP contribution in [0.15, 0.2) is 35.7 Å². The highest BCUT2D eigenvalue weighted by Crippen LogP contribution is 2.21. The fraction of sp³-hybridized carbons (Fsp3) is 0.250. The fourth-order valence-corrected chi connectivity index (χ4v) is 3.03. The van der Waals surface area contributed by atoms with Crippen molar-refractivity contribution in [2.24, 2.45) is 0 Å². The lowest BCUT2D eigenvalue weighted by Gasteiger charge is -2.20. The Hall–Kier alpha value is -1.77. The number of aliphatic hydroxyl groups is 1. The van der Waals surface area contributed by atoms with Crippen molar-refractivity contribution in [3.63, 3.8) is 0 Å². The van der Waals surface area contributed by atoms with E-state index in [9.17, 15) is 17.6 Å². The highest BCUT2D eigenvalue weighted by molar-refractivity contribution is 7.89. The highest BCUT2D eigenvalue weighted by Gasteiger charge is 2.27. The number of rotatable bonds is 7. The predicted molar refractivity (Wildman–Crippen MR) is 69.4 cm³/mol. The molecule has 2 N–H and O–H groups in total. The Morgan fingerprint density at radius 1 is 1.45 bits per heavy atom. The van der Waals surface area contributed by atoms with Crippen LogP contribution in [-0.4, -0.2) is 48.6 Å². The van der Waals surface area contributed by atoms with Crippen LogP contribution in [0.1, 0.15) is 10.4 Å². The largest absolute Gasteiger partial charge is 0.478 e. The zero-order chi connectivity index (χ0) is 15.3. The number of nitrogens with zero attached hydrogens (tertiary/aromatic N) is 1. The Morgan fingerprint density at radius 2 is 2.10 bits per heavy atom. The highest BCUT2D eigenvalue weighted by atomic mass is 32.2. The lowest BCUT2D eigenvalue weighted by molar-refractivity contribution is 0.0696. The summed E-state index contributed by atoms with van der Waals surface area (Å²) in [4.78, 5) is 10.1. The normalized spacial score (nSPS) is 11.6. The van der Waals surface area contributed by atoms with E-state index in [1.807, 2.05) is 0 Å². The van der Waals surface area contributed by atoms with E-state index in [0.29, 0.717) is 0 Å². The van der Waals surface area contributed by atoms with Crippen LogP contribution in [0.2, 0.25) is 0 Å². The minimum atomic E-state index is -4.25. The third-order valence-corrected chi connectivity index (χ3v) is 4.36. The van der Waals surface area contributed by atoms with Gasteiger partial charge in [0.2, 0.25) is 10.0 Å². The lowest BCUT2D eigenvalue weighted by atomic mass is 10.2. The average molecular weight is 303 g/mol. The number of hydrogen-bond donors (Lipinski definition) is 2. The van der Waals surface area contributed by atoms with Gasteiger partial charge in [0.25, 0.3) is 0 Å². The van der Waals surface area contributed by atoms with Crippen molar-refractivity contribution in [2.75, 3.05) is 19.7 Å². The average Bonchev–Trinajstić information content (AvgIpc) is 2.38. The molecule has 0 saturated carbocycles. The molecule has 0 aliphatic heterocycles. The smallest absolute Gasteiger partial charge is 0.335 e. The molecule has 1 rings (SSSR count). The van der Waals surface area contributed by atoms with Gasteiger partial charge in [-0.25, -0.2) is 17.6 Å². The first kappa shape index (κ1) is 16.3. The summed E-state index contributed by atoms with van der Waals surface area (Å²) in [5, 5.41) is 17.7. The van der Waals surface area contributed by atoms with Crippen LogP contribution in [0.25, 0.3) is 0 Å². The van der Waals surface area contributed by atoms with Crippen LogP contribution in [0.3, 0.4) is 0 Å². The van der Waals surface area contributed by atoms with Crippen LogP contribution in [0, 0.1) is 5.82 Å². The molecule has 0 fully saturated rings. The van der Waals surface area contributed by atoms with Gasteiger partial charge in [0, 0.05) is 13.1 Å². The minimum absolute atomic E-state index is 0.125. The molecule has 0 spiro atoms. The summed E-state index contributed by atoms with van der Waals surface area (Å²) in [6.07, 6.45) is 1.28. The van der Waals surface area contributed by atoms with Gasteiger partial charge < -0.3 is 10.2 Å². The number of hydrogen-bond acceptors (Lipinski definition) is 4. The zero-order valence-electron chi connectivity index (χ0n) is 10.5. The van der Waals surface area contributed by atoms with Gasteiger partial charge in [0.1, 0.15) is 10.7 Å². The molecule has 0 aliphatic rings. The van der Waals surface area contributed by atoms with Gasteiger partial charge in [-0.15, -0.1) is 6.58 Å². The second-order valence-electron chi connectivity index (χ2n) is 3.83. The molecule has 0 saturated heterocycles. The summed E-state index contributed by atoms with van der Waals surface area (Å²) >= 11 is 0. The van der Waals surface area contributed by atoms with Crippen molar-refractivity contribution < 1.29 is 27.8 Å². The molecule has 0 unspecified atom stereocenters. The van der Waals surface area contributed by atoms with Crippen molar-refractivity contribution in [3.05, 3.63) is 42.2 Å². The van der Waals surface area contributed by atoms with E-state index in [4.69, 9.17) is 10.2 Å². The molecule has 0 heterocycles. The van der Waals surface area contributed by atoms with Crippen molar-refractivity contribution >= 4 is 16.0 Å². The fourth-order valence-electron chi connectivity index (χ4n) is 1.54. The Kier molecular flexibility index (Phi) is 5.37. The number of carboxylic acid groups (broad SMARTS) is 1. The van der Waals surface area contributed by atoms with E-state index in [1.165, 1.54) is 6.08 Å². The van der Waals surface area contributed by atoms with Gasteiger partial charge in [0.15, 0.2) is 0 Å². The van der Waals surface area contributed by atoms with Crippen molar-refractivity contribution in [1.29, 1.82) is 0 Å². The standard InChI is InChI=1S/C12H14FNO5S/c1-2-5-14(6-7-15)20(18,19)11-8-9(12(16)17)3-4-10(11)13/h2-4,8,15H,1,5-7H2,(H,16,17). The third kappa shape index (κ3) is 3.41. The molecule has 0 bridgehead atoms. The molecular weight excluding hydrogens is 289 g/mol. The number of sulfonamides is 1. The number of halogens is 1. The molecule has 0 amide bonds. The van der Waals surface area contributed by atoms with E-state index >= 15 is 0 Å². The van der Waals surface area contributed by atoms with Gasteiger partial charge >= 0.3 is 5.97 Å². The summed E-state index contributed by atoms with van der Waals surface area (Å²) < 4.78 is 39.0. The quantitative estimate of drug-likeness (QED) is 0.723. The third-order valence-electron chi connectivity index (χ3n) is 2.48. The molecule has 0 radical (unpaired) electrons. The molecule has 20 heavy (non-hydrogen) atoms. The van der Waals surface area contributed by atoms with E-state index in [0.717, 1.165) is 22.5 Å². The number of carbonyl (C=O) groups is 1. The number of carboxylic acids is 1. The van der Waals surface area contributed by atoms with Crippen molar-refractivity contribution in [3.8, 4) is 0 Å². The Labute approximate surface area is 115 Å². The lowest BCUT2D eigenvalue weighted by Crippen LogP contribution is -2.34. The number of aliphatic hydroxyl groups excluding tert-OH is 1. The van der Waals surface area contributed by atoms with E-state index in [2.05, 4.69) is 6.58 Å². The molecule has 1 aromatic rings. The maximum Gasteiger partial charge on any atom is 0.335 e. The van der Waals surface area contributed by atoms with Crippen LogP contribution in [-0.2, 0) is 10.0 Å². The maximum absolute atomic E-state index is 13.7. The van der Waals surface area contributed by atoms with Crippen LogP contribution in [0.4, 0.5) is 4.39 Å². The second-order valence-corrected chi connectivity index (χ2v) is 5.73. The molecular formula is C12H14FNO5S. The first-order chi connectivity index (χ1) is 9.34. The topological polar surface area (TPSA) is 94.9 Å². The van der Waals surface area contributed by atoms with Gasteiger partial charge in [-0.2, -0.15) is 4.31 Å². The zero-order valence-corrected chi connectivity index (χ0v) is 11.3. The Morgan fingerprint density at radius 3 is 2.60 bits per heavy atom. The van der Waals surface area contributed by atoms with Gasteiger partial charge in [-0.05, 0) is 18.2 Å². The van der Waals surface area contributed by atoms with Crippen LogP contribution in [0.5, 0.6) is 0 Å². The van der Waals surface area contributed by atoms with E-state index in [-0.39, 0.29) is 18.7 Å². The minimum Gasteiger partial charge on any atom is -0.478 e. The molecule has 1 aromatic carbocycles. The molecule has 0 atom stereocenters. The van der Waals surface area contributed by atoms with E-state index in [1.54, 1.807) is 0 Å². The molecule has 8 heteroatoms. The first-order valence-corrected chi connectivity index (χ1v) is 7.03. The van der Waals surface area contributed by atoms with Crippen LogP contribution < -0.4 is 0 Å². The van der Waals surface area contributed by atoms with Crippen molar-refractivity contribution in [1.82, 2.24) is 4.31 Å². The Bertz CT molecular complexity index is 614. The molecule has 110 valence electrons. The molecule has 0 aromatic heterocycles. The van der Waals surface area contributed by atoms with Crippen molar-refractivity contribution in [2.45, 2.75) is 4.90 Å². The summed E-state index contributed by atoms with van der Waals surface area (Å²) in [6, 6.07) is 2.50.